The number of hydrogen-bond donors (Lipinski definition) is 5. The van der Waals surface area contributed by atoms with Crippen molar-refractivity contribution in [2.24, 2.45) is 11.8 Å². The summed E-state index contributed by atoms with van der Waals surface area (Å²) in [6.07, 6.45) is 12.2. The number of nitrogens with one attached hydrogen (secondary N) is 1. The molecule has 0 aromatic heterocycles. The highest BCUT2D eigenvalue weighted by Crippen LogP contribution is 2.33. The van der Waals surface area contributed by atoms with Gasteiger partial charge >= 0.3 is 0 Å². The zero-order valence-corrected chi connectivity index (χ0v) is 18.1. The van der Waals surface area contributed by atoms with Crippen LogP contribution in [0.5, 0.6) is 0 Å². The molecule has 0 radical (unpaired) electrons. The lowest BCUT2D eigenvalue weighted by Gasteiger charge is -2.17. The van der Waals surface area contributed by atoms with Gasteiger partial charge in [0, 0.05) is 24.7 Å². The smallest absolute Gasteiger partial charge is 0.220 e. The molecule has 30 heavy (non-hydrogen) atoms. The first-order chi connectivity index (χ1) is 14.4. The lowest BCUT2D eigenvalue weighted by atomic mass is 9.90. The van der Waals surface area contributed by atoms with Crippen LogP contribution in [0.4, 0.5) is 0 Å². The molecule has 0 aliphatic heterocycles. The Hall–Kier alpha value is -1.54. The maximum Gasteiger partial charge on any atom is 0.220 e. The number of aliphatic hydroxyl groups excluding tert-OH is 4. The highest BCUT2D eigenvalue weighted by Gasteiger charge is 2.39. The fourth-order valence-electron chi connectivity index (χ4n) is 3.67. The van der Waals surface area contributed by atoms with Gasteiger partial charge in [0.25, 0.3) is 0 Å². The summed E-state index contributed by atoms with van der Waals surface area (Å²) in [7, 11) is 0. The summed E-state index contributed by atoms with van der Waals surface area (Å²) in [5.41, 5.74) is 0. The standard InChI is InChI=1S/C23H39NO6/c1-2-3-6-9-18(27)12-13-20-19(21(28)14-22(20)29)10-7-4-5-8-11-23(30)24-17(15-25)16-26/h4,7,12-13,17-21,25-28H,2-3,5-6,8-11,14-16H2,1H3,(H,24,30). The number of hydrogen-bond acceptors (Lipinski definition) is 6. The van der Waals surface area contributed by atoms with E-state index in [0.717, 1.165) is 19.3 Å². The predicted octanol–water partition coefficient (Wildman–Crippen LogP) is 1.64. The van der Waals surface area contributed by atoms with Gasteiger partial charge in [-0.3, -0.25) is 9.59 Å². The van der Waals surface area contributed by atoms with Gasteiger partial charge in [0.2, 0.25) is 5.91 Å². The summed E-state index contributed by atoms with van der Waals surface area (Å²) < 4.78 is 0. The lowest BCUT2D eigenvalue weighted by molar-refractivity contribution is -0.122. The molecule has 0 heterocycles. The van der Waals surface area contributed by atoms with Gasteiger partial charge in [-0.1, -0.05) is 50.5 Å². The van der Waals surface area contributed by atoms with Crippen LogP contribution >= 0.6 is 0 Å². The molecule has 1 aliphatic rings. The van der Waals surface area contributed by atoms with Gasteiger partial charge in [-0.2, -0.15) is 0 Å². The van der Waals surface area contributed by atoms with Crippen LogP contribution in [0.15, 0.2) is 24.3 Å². The number of ketones is 1. The molecular formula is C23H39NO6. The highest BCUT2D eigenvalue weighted by atomic mass is 16.3. The van der Waals surface area contributed by atoms with Crippen LogP contribution in [0.25, 0.3) is 0 Å². The van der Waals surface area contributed by atoms with E-state index in [0.29, 0.717) is 32.1 Å². The first kappa shape index (κ1) is 26.5. The van der Waals surface area contributed by atoms with E-state index < -0.39 is 18.2 Å². The average molecular weight is 426 g/mol. The molecule has 0 aromatic carbocycles. The van der Waals surface area contributed by atoms with E-state index in [1.54, 1.807) is 12.2 Å². The minimum atomic E-state index is -0.672. The molecule has 5 N–H and O–H groups in total. The van der Waals surface area contributed by atoms with Crippen LogP contribution in [-0.2, 0) is 9.59 Å². The molecule has 1 fully saturated rings. The van der Waals surface area contributed by atoms with Gasteiger partial charge in [0.1, 0.15) is 5.78 Å². The molecule has 4 atom stereocenters. The first-order valence-corrected chi connectivity index (χ1v) is 11.2. The molecule has 7 nitrogen and oxygen atoms in total. The predicted molar refractivity (Wildman–Crippen MR) is 116 cm³/mol. The Balaban J connectivity index is 2.40. The van der Waals surface area contributed by atoms with Crippen LogP contribution in [-0.4, -0.2) is 63.6 Å². The average Bonchev–Trinajstić information content (AvgIpc) is 2.99. The highest BCUT2D eigenvalue weighted by molar-refractivity contribution is 5.86. The van der Waals surface area contributed by atoms with Crippen molar-refractivity contribution in [2.45, 2.75) is 83.0 Å². The van der Waals surface area contributed by atoms with Crippen LogP contribution in [0.1, 0.15) is 64.7 Å². The van der Waals surface area contributed by atoms with Crippen molar-refractivity contribution in [1.82, 2.24) is 5.32 Å². The maximum absolute atomic E-state index is 12.2. The summed E-state index contributed by atoms with van der Waals surface area (Å²) in [4.78, 5) is 23.9. The summed E-state index contributed by atoms with van der Waals surface area (Å²) in [6.45, 7) is 1.52. The number of Topliss-reactive ketones (excluding diaryl/α,β-unsaturated/α-hetero) is 1. The first-order valence-electron chi connectivity index (χ1n) is 11.2. The number of carbonyl (C=O) groups excluding carboxylic acids is 2. The van der Waals surface area contributed by atoms with Gasteiger partial charge in [0.05, 0.1) is 31.5 Å². The fourth-order valence-corrected chi connectivity index (χ4v) is 3.67. The Morgan fingerprint density at radius 3 is 2.60 bits per heavy atom. The van der Waals surface area contributed by atoms with Crippen LogP contribution in [0.2, 0.25) is 0 Å². The summed E-state index contributed by atoms with van der Waals surface area (Å²) >= 11 is 0. The third-order valence-corrected chi connectivity index (χ3v) is 5.54. The number of amides is 1. The van der Waals surface area contributed by atoms with Gasteiger partial charge in [-0.25, -0.2) is 0 Å². The van der Waals surface area contributed by atoms with E-state index in [2.05, 4.69) is 12.2 Å². The Kier molecular flexibility index (Phi) is 13.5. The summed E-state index contributed by atoms with van der Waals surface area (Å²) in [5.74, 6) is -0.760. The zero-order valence-electron chi connectivity index (χ0n) is 18.1. The number of aliphatic hydroxyl groups is 4. The van der Waals surface area contributed by atoms with Crippen molar-refractivity contribution in [1.29, 1.82) is 0 Å². The SMILES string of the molecule is CCCCCC(O)C=CC1C(=O)CC(O)C1CC=CCCCC(=O)NC(CO)CO. The lowest BCUT2D eigenvalue weighted by Crippen LogP contribution is -2.39. The number of carbonyl (C=O) groups is 2. The Labute approximate surface area is 179 Å². The quantitative estimate of drug-likeness (QED) is 0.200. The maximum atomic E-state index is 12.2. The number of unbranched alkanes of at least 4 members (excludes halogenated alkanes) is 3. The van der Waals surface area contributed by atoms with Crippen LogP contribution < -0.4 is 5.32 Å². The Morgan fingerprint density at radius 2 is 1.93 bits per heavy atom. The van der Waals surface area contributed by atoms with Crippen molar-refractivity contribution in [3.8, 4) is 0 Å². The molecule has 0 saturated heterocycles. The molecule has 0 bridgehead atoms. The van der Waals surface area contributed by atoms with E-state index in [9.17, 15) is 19.8 Å². The Bertz CT molecular complexity index is 558. The molecule has 1 aliphatic carbocycles. The van der Waals surface area contributed by atoms with Gasteiger partial charge in [-0.15, -0.1) is 0 Å². The minimum absolute atomic E-state index is 0.0110. The van der Waals surface area contributed by atoms with E-state index in [4.69, 9.17) is 10.2 Å². The molecule has 7 heteroatoms. The Morgan fingerprint density at radius 1 is 1.20 bits per heavy atom. The molecule has 1 rings (SSSR count). The largest absolute Gasteiger partial charge is 0.394 e. The van der Waals surface area contributed by atoms with E-state index in [1.165, 1.54) is 0 Å². The van der Waals surface area contributed by atoms with Crippen molar-refractivity contribution >= 4 is 11.7 Å². The van der Waals surface area contributed by atoms with Crippen molar-refractivity contribution in [2.75, 3.05) is 13.2 Å². The number of allylic oxidation sites excluding steroid dienone is 3. The van der Waals surface area contributed by atoms with Crippen molar-refractivity contribution in [3.05, 3.63) is 24.3 Å². The molecule has 172 valence electrons. The second kappa shape index (κ2) is 15.3. The van der Waals surface area contributed by atoms with E-state index in [1.807, 2.05) is 12.2 Å². The molecular weight excluding hydrogens is 386 g/mol. The molecule has 4 unspecified atom stereocenters. The van der Waals surface area contributed by atoms with E-state index >= 15 is 0 Å². The molecule has 1 amide bonds. The molecule has 0 aromatic rings. The fraction of sp³-hybridized carbons (Fsp3) is 0.739. The summed E-state index contributed by atoms with van der Waals surface area (Å²) in [6, 6.07) is -0.621. The summed E-state index contributed by atoms with van der Waals surface area (Å²) in [5, 5.41) is 40.7. The number of rotatable bonds is 15. The van der Waals surface area contributed by atoms with Crippen molar-refractivity contribution < 1.29 is 30.0 Å². The molecule has 0 spiro atoms. The minimum Gasteiger partial charge on any atom is -0.394 e. The van der Waals surface area contributed by atoms with Gasteiger partial charge in [0.15, 0.2) is 0 Å². The zero-order chi connectivity index (χ0) is 22.4. The van der Waals surface area contributed by atoms with Crippen LogP contribution in [0.3, 0.4) is 0 Å². The third-order valence-electron chi connectivity index (χ3n) is 5.54. The second-order valence-electron chi connectivity index (χ2n) is 8.10. The third kappa shape index (κ3) is 9.98. The van der Waals surface area contributed by atoms with Crippen LogP contribution in [0, 0.1) is 11.8 Å². The normalized spacial score (nSPS) is 23.1. The molecule has 1 saturated carbocycles. The monoisotopic (exact) mass is 425 g/mol. The van der Waals surface area contributed by atoms with Crippen molar-refractivity contribution in [3.63, 3.8) is 0 Å². The van der Waals surface area contributed by atoms with E-state index in [-0.39, 0.29) is 43.2 Å². The van der Waals surface area contributed by atoms with Gasteiger partial charge < -0.3 is 25.7 Å². The van der Waals surface area contributed by atoms with Gasteiger partial charge in [-0.05, 0) is 25.7 Å². The second-order valence-corrected chi connectivity index (χ2v) is 8.10. The topological polar surface area (TPSA) is 127 Å².